The number of halogens is 3. The van der Waals surface area contributed by atoms with Crippen LogP contribution in [0, 0.1) is 37.2 Å². The lowest BCUT2D eigenvalue weighted by Crippen LogP contribution is -2.40. The molecule has 26 heavy (non-hydrogen) atoms. The maximum absolute atomic E-state index is 13.8. The van der Waals surface area contributed by atoms with Crippen LogP contribution in [0.2, 0.25) is 0 Å². The van der Waals surface area contributed by atoms with E-state index in [-0.39, 0.29) is 18.7 Å². The molecule has 0 radical (unpaired) electrons. The maximum atomic E-state index is 13.8. The molecule has 2 heterocycles. The largest absolute Gasteiger partial charge is 0.466 e. The Hall–Kier alpha value is -2.57. The molecule has 0 atom stereocenters. The molecule has 1 aromatic carbocycles. The van der Waals surface area contributed by atoms with Crippen molar-refractivity contribution >= 4 is 11.7 Å². The third-order valence-corrected chi connectivity index (χ3v) is 4.68. The molecule has 4 nitrogen and oxygen atoms in total. The Kier molecular flexibility index (Phi) is 4.89. The average Bonchev–Trinajstić information content (AvgIpc) is 2.91. The van der Waals surface area contributed by atoms with Gasteiger partial charge in [0.25, 0.3) is 5.91 Å². The van der Waals surface area contributed by atoms with Crippen LogP contribution < -0.4 is 0 Å². The fourth-order valence-corrected chi connectivity index (χ4v) is 3.34. The van der Waals surface area contributed by atoms with Crippen molar-refractivity contribution in [2.45, 2.75) is 26.7 Å². The van der Waals surface area contributed by atoms with E-state index < -0.39 is 34.7 Å². The highest BCUT2D eigenvalue weighted by Crippen LogP contribution is 2.27. The number of piperidine rings is 1. The van der Waals surface area contributed by atoms with Gasteiger partial charge in [-0.15, -0.1) is 0 Å². The number of rotatable bonds is 3. The predicted octanol–water partition coefficient (Wildman–Crippen LogP) is 4.05. The number of hydrogen-bond acceptors (Lipinski definition) is 3. The summed E-state index contributed by atoms with van der Waals surface area (Å²) in [6, 6.07) is 2.66. The van der Waals surface area contributed by atoms with Crippen molar-refractivity contribution in [3.63, 3.8) is 0 Å². The van der Waals surface area contributed by atoms with E-state index >= 15 is 0 Å². The van der Waals surface area contributed by atoms with Crippen molar-refractivity contribution < 1.29 is 27.2 Å². The molecule has 0 N–H and O–H groups in total. The van der Waals surface area contributed by atoms with E-state index in [0.717, 1.165) is 0 Å². The minimum Gasteiger partial charge on any atom is -0.466 e. The second kappa shape index (κ2) is 6.97. The SMILES string of the molecule is Cc1cc(C(=O)N2CCC(C(=O)c3c(F)cc(F)cc3F)CC2)c(C)o1. The lowest BCUT2D eigenvalue weighted by molar-refractivity contribution is 0.0646. The van der Waals surface area contributed by atoms with E-state index in [1.54, 1.807) is 24.8 Å². The predicted molar refractivity (Wildman–Crippen MR) is 87.5 cm³/mol. The molecule has 3 rings (SSSR count). The van der Waals surface area contributed by atoms with Gasteiger partial charge in [-0.2, -0.15) is 0 Å². The summed E-state index contributed by atoms with van der Waals surface area (Å²) in [5.74, 6) is -3.79. The number of nitrogens with zero attached hydrogens (tertiary/aromatic N) is 1. The Morgan fingerprint density at radius 2 is 1.62 bits per heavy atom. The van der Waals surface area contributed by atoms with Crippen LogP contribution in [0.3, 0.4) is 0 Å². The molecule has 0 bridgehead atoms. The highest BCUT2D eigenvalue weighted by Gasteiger charge is 2.32. The quantitative estimate of drug-likeness (QED) is 0.771. The number of hydrogen-bond donors (Lipinski definition) is 0. The van der Waals surface area contributed by atoms with Crippen molar-refractivity contribution in [3.05, 3.63) is 58.3 Å². The molecule has 138 valence electrons. The Morgan fingerprint density at radius 3 is 2.12 bits per heavy atom. The van der Waals surface area contributed by atoms with Crippen molar-refractivity contribution in [3.8, 4) is 0 Å². The number of ketones is 1. The highest BCUT2D eigenvalue weighted by atomic mass is 19.1. The monoisotopic (exact) mass is 365 g/mol. The van der Waals surface area contributed by atoms with E-state index in [2.05, 4.69) is 0 Å². The second-order valence-corrected chi connectivity index (χ2v) is 6.50. The number of amides is 1. The number of carbonyl (C=O) groups excluding carboxylic acids is 2. The third kappa shape index (κ3) is 3.38. The number of benzene rings is 1. The fraction of sp³-hybridized carbons (Fsp3) is 0.368. The van der Waals surface area contributed by atoms with Gasteiger partial charge in [-0.05, 0) is 32.8 Å². The molecule has 2 aromatic rings. The third-order valence-electron chi connectivity index (χ3n) is 4.68. The van der Waals surface area contributed by atoms with Crippen LogP contribution in [0.1, 0.15) is 45.1 Å². The van der Waals surface area contributed by atoms with E-state index in [0.29, 0.717) is 42.3 Å². The first-order valence-electron chi connectivity index (χ1n) is 8.33. The number of likely N-dealkylation sites (tertiary alicyclic amines) is 1. The summed E-state index contributed by atoms with van der Waals surface area (Å²) in [5, 5.41) is 0. The van der Waals surface area contributed by atoms with Gasteiger partial charge in [0.2, 0.25) is 0 Å². The Morgan fingerprint density at radius 1 is 1.04 bits per heavy atom. The van der Waals surface area contributed by atoms with Crippen molar-refractivity contribution in [2.75, 3.05) is 13.1 Å². The highest BCUT2D eigenvalue weighted by molar-refractivity contribution is 5.99. The normalized spacial score (nSPS) is 15.3. The summed E-state index contributed by atoms with van der Waals surface area (Å²) in [6.07, 6.45) is 0.577. The van der Waals surface area contributed by atoms with Gasteiger partial charge in [0.05, 0.1) is 11.1 Å². The standard InChI is InChI=1S/C19H18F3NO3/c1-10-7-14(11(2)26-10)19(25)23-5-3-12(4-6-23)18(24)17-15(21)8-13(20)9-16(17)22/h7-9,12H,3-6H2,1-2H3. The van der Waals surface area contributed by atoms with Gasteiger partial charge in [-0.1, -0.05) is 0 Å². The van der Waals surface area contributed by atoms with Crippen LogP contribution in [0.25, 0.3) is 0 Å². The molecule has 1 fully saturated rings. The number of furan rings is 1. The van der Waals surface area contributed by atoms with Crippen LogP contribution in [0.4, 0.5) is 13.2 Å². The lowest BCUT2D eigenvalue weighted by atomic mass is 9.88. The molecular formula is C19H18F3NO3. The van der Waals surface area contributed by atoms with Gasteiger partial charge in [0.1, 0.15) is 29.0 Å². The summed E-state index contributed by atoms with van der Waals surface area (Å²) in [4.78, 5) is 26.6. The minimum absolute atomic E-state index is 0.190. The average molecular weight is 365 g/mol. The van der Waals surface area contributed by atoms with Crippen molar-refractivity contribution in [1.82, 2.24) is 4.90 Å². The lowest BCUT2D eigenvalue weighted by Gasteiger charge is -2.31. The number of carbonyl (C=O) groups is 2. The number of Topliss-reactive ketones (excluding diaryl/α,β-unsaturated/α-hetero) is 1. The molecule has 7 heteroatoms. The molecule has 0 spiro atoms. The zero-order valence-corrected chi connectivity index (χ0v) is 14.4. The molecule has 0 aliphatic carbocycles. The first-order valence-corrected chi connectivity index (χ1v) is 8.33. The first-order chi connectivity index (χ1) is 12.3. The molecular weight excluding hydrogens is 347 g/mol. The summed E-state index contributed by atoms with van der Waals surface area (Å²) in [5.41, 5.74) is -0.236. The van der Waals surface area contributed by atoms with Crippen molar-refractivity contribution in [2.24, 2.45) is 5.92 Å². The number of aryl methyl sites for hydroxylation is 2. The first kappa shape index (κ1) is 18.2. The maximum Gasteiger partial charge on any atom is 0.257 e. The summed E-state index contributed by atoms with van der Waals surface area (Å²) in [7, 11) is 0. The van der Waals surface area contributed by atoms with Gasteiger partial charge in [0, 0.05) is 31.1 Å². The zero-order valence-electron chi connectivity index (χ0n) is 14.4. The second-order valence-electron chi connectivity index (χ2n) is 6.50. The van der Waals surface area contributed by atoms with Gasteiger partial charge in [0.15, 0.2) is 5.78 Å². The topological polar surface area (TPSA) is 50.5 Å². The van der Waals surface area contributed by atoms with Crippen molar-refractivity contribution in [1.29, 1.82) is 0 Å². The molecule has 1 aromatic heterocycles. The minimum atomic E-state index is -1.20. The zero-order chi connectivity index (χ0) is 19.0. The van der Waals surface area contributed by atoms with Crippen LogP contribution in [-0.4, -0.2) is 29.7 Å². The van der Waals surface area contributed by atoms with E-state index in [9.17, 15) is 22.8 Å². The van der Waals surface area contributed by atoms with Crippen LogP contribution >= 0.6 is 0 Å². The van der Waals surface area contributed by atoms with Gasteiger partial charge in [-0.3, -0.25) is 9.59 Å². The fourth-order valence-electron chi connectivity index (χ4n) is 3.34. The summed E-state index contributed by atoms with van der Waals surface area (Å²) >= 11 is 0. The van der Waals surface area contributed by atoms with E-state index in [1.807, 2.05) is 0 Å². The molecule has 1 aliphatic rings. The van der Waals surface area contributed by atoms with Gasteiger partial charge >= 0.3 is 0 Å². The molecule has 1 aliphatic heterocycles. The summed E-state index contributed by atoms with van der Waals surface area (Å²) in [6.45, 7) is 4.05. The molecule has 0 unspecified atom stereocenters. The Bertz CT molecular complexity index is 844. The van der Waals surface area contributed by atoms with Gasteiger partial charge < -0.3 is 9.32 Å². The van der Waals surface area contributed by atoms with Crippen LogP contribution in [-0.2, 0) is 0 Å². The Balaban J connectivity index is 1.70. The van der Waals surface area contributed by atoms with E-state index in [1.165, 1.54) is 0 Å². The summed E-state index contributed by atoms with van der Waals surface area (Å²) < 4.78 is 46.0. The van der Waals surface area contributed by atoms with Crippen LogP contribution in [0.5, 0.6) is 0 Å². The molecule has 1 amide bonds. The van der Waals surface area contributed by atoms with E-state index in [4.69, 9.17) is 4.42 Å². The Labute approximate surface area is 148 Å². The molecule has 1 saturated heterocycles. The van der Waals surface area contributed by atoms with Crippen LogP contribution in [0.15, 0.2) is 22.6 Å². The molecule has 0 saturated carbocycles. The van der Waals surface area contributed by atoms with Gasteiger partial charge in [-0.25, -0.2) is 13.2 Å². The smallest absolute Gasteiger partial charge is 0.257 e.